The van der Waals surface area contributed by atoms with Crippen LogP contribution in [0, 0.1) is 0 Å². The Bertz CT molecular complexity index is 765. The zero-order valence-corrected chi connectivity index (χ0v) is 12.5. The number of carbonyl (C=O) groups is 2. The molecule has 0 saturated carbocycles. The highest BCUT2D eigenvalue weighted by atomic mass is 16.5. The lowest BCUT2D eigenvalue weighted by atomic mass is 10.1. The molecule has 0 saturated heterocycles. The number of carboxylic acids is 1. The average Bonchev–Trinajstić information content (AvgIpc) is 2.52. The van der Waals surface area contributed by atoms with E-state index in [4.69, 9.17) is 9.84 Å². The Morgan fingerprint density at radius 3 is 2.52 bits per heavy atom. The summed E-state index contributed by atoms with van der Waals surface area (Å²) in [5.74, 6) is -0.109. The van der Waals surface area contributed by atoms with Crippen molar-refractivity contribution in [3.63, 3.8) is 0 Å². The van der Waals surface area contributed by atoms with E-state index >= 15 is 0 Å². The summed E-state index contributed by atoms with van der Waals surface area (Å²) in [6, 6.07) is 6.64. The third-order valence-electron chi connectivity index (χ3n) is 3.17. The number of Topliss-reactive ketones (excluding diaryl/α,β-unsaturated/α-hetero) is 1. The van der Waals surface area contributed by atoms with Gasteiger partial charge in [0.25, 0.3) is 5.56 Å². The number of aromatic nitrogens is 2. The van der Waals surface area contributed by atoms with Crippen LogP contribution in [-0.2, 0) is 17.8 Å². The van der Waals surface area contributed by atoms with Crippen molar-refractivity contribution in [2.45, 2.75) is 26.4 Å². The van der Waals surface area contributed by atoms with Gasteiger partial charge in [0.15, 0.2) is 5.78 Å². The van der Waals surface area contributed by atoms with E-state index in [-0.39, 0.29) is 30.8 Å². The fourth-order valence-corrected chi connectivity index (χ4v) is 1.89. The molecule has 2 rings (SSSR count). The number of benzene rings is 1. The number of aryl methyl sites for hydroxylation is 1. The van der Waals surface area contributed by atoms with Gasteiger partial charge in [-0.05, 0) is 37.6 Å². The summed E-state index contributed by atoms with van der Waals surface area (Å²) in [4.78, 5) is 40.1. The molecule has 0 radical (unpaired) electrons. The Labute approximate surface area is 132 Å². The van der Waals surface area contributed by atoms with E-state index in [0.717, 1.165) is 0 Å². The summed E-state index contributed by atoms with van der Waals surface area (Å²) in [6.45, 7) is 1.55. The predicted octanol–water partition coefficient (Wildman–Crippen LogP) is 1.57. The van der Waals surface area contributed by atoms with Crippen molar-refractivity contribution < 1.29 is 19.4 Å². The third kappa shape index (κ3) is 4.77. The molecule has 0 aliphatic rings. The number of aromatic amines is 1. The van der Waals surface area contributed by atoms with Crippen molar-refractivity contribution in [1.29, 1.82) is 0 Å². The number of nitrogens with one attached hydrogen (secondary N) is 1. The molecule has 0 amide bonds. The maximum absolute atomic E-state index is 11.8. The van der Waals surface area contributed by atoms with Crippen LogP contribution in [0.25, 0.3) is 0 Å². The van der Waals surface area contributed by atoms with Gasteiger partial charge in [-0.2, -0.15) is 0 Å². The molecule has 0 spiro atoms. The molecule has 0 atom stereocenters. The van der Waals surface area contributed by atoms with E-state index in [1.165, 1.54) is 13.1 Å². The maximum atomic E-state index is 11.8. The molecule has 7 nitrogen and oxygen atoms in total. The number of ether oxygens (including phenoxy) is 1. The second-order valence-electron chi connectivity index (χ2n) is 4.95. The van der Waals surface area contributed by atoms with Gasteiger partial charge in [-0.15, -0.1) is 0 Å². The van der Waals surface area contributed by atoms with Crippen molar-refractivity contribution >= 4 is 11.8 Å². The average molecular weight is 316 g/mol. The van der Waals surface area contributed by atoms with Gasteiger partial charge in [-0.3, -0.25) is 14.4 Å². The molecular weight excluding hydrogens is 300 g/mol. The number of ketones is 1. The van der Waals surface area contributed by atoms with Gasteiger partial charge in [-0.25, -0.2) is 4.98 Å². The summed E-state index contributed by atoms with van der Waals surface area (Å²) < 4.78 is 5.48. The van der Waals surface area contributed by atoms with Gasteiger partial charge in [0.05, 0.1) is 0 Å². The molecule has 1 aromatic heterocycles. The van der Waals surface area contributed by atoms with Gasteiger partial charge in [-0.1, -0.05) is 0 Å². The highest BCUT2D eigenvalue weighted by molar-refractivity contribution is 5.94. The van der Waals surface area contributed by atoms with Crippen molar-refractivity contribution in [3.8, 4) is 5.75 Å². The van der Waals surface area contributed by atoms with Crippen molar-refractivity contribution in [2.75, 3.05) is 0 Å². The van der Waals surface area contributed by atoms with Crippen molar-refractivity contribution in [1.82, 2.24) is 9.97 Å². The Balaban J connectivity index is 1.98. The zero-order valence-electron chi connectivity index (χ0n) is 12.5. The minimum Gasteiger partial charge on any atom is -0.486 e. The predicted molar refractivity (Wildman–Crippen MR) is 81.6 cm³/mol. The summed E-state index contributed by atoms with van der Waals surface area (Å²) in [5, 5.41) is 8.61. The summed E-state index contributed by atoms with van der Waals surface area (Å²) >= 11 is 0. The number of nitrogens with zero attached hydrogens (tertiary/aromatic N) is 1. The van der Waals surface area contributed by atoms with E-state index in [0.29, 0.717) is 22.7 Å². The smallest absolute Gasteiger partial charge is 0.303 e. The first-order chi connectivity index (χ1) is 11.0. The quantitative estimate of drug-likeness (QED) is 0.750. The second kappa shape index (κ2) is 7.35. The standard InChI is InChI=1S/C16H16N2O5/c1-10(19)11-2-5-13(6-3-11)23-9-14-17-8-12(16(22)18-14)4-7-15(20)21/h2-3,5-6,8H,4,7,9H2,1H3,(H,20,21)(H,17,18,22). The number of hydrogen-bond donors (Lipinski definition) is 2. The second-order valence-corrected chi connectivity index (χ2v) is 4.95. The Hall–Kier alpha value is -2.96. The van der Waals surface area contributed by atoms with Gasteiger partial charge in [0.2, 0.25) is 0 Å². The summed E-state index contributed by atoms with van der Waals surface area (Å²) in [6.07, 6.45) is 1.37. The lowest BCUT2D eigenvalue weighted by molar-refractivity contribution is -0.136. The number of rotatable bonds is 7. The highest BCUT2D eigenvalue weighted by Gasteiger charge is 2.06. The molecule has 23 heavy (non-hydrogen) atoms. The van der Waals surface area contributed by atoms with E-state index in [2.05, 4.69) is 9.97 Å². The molecule has 0 unspecified atom stereocenters. The van der Waals surface area contributed by atoms with Crippen molar-refractivity contribution in [2.24, 2.45) is 0 Å². The van der Waals surface area contributed by atoms with Crippen molar-refractivity contribution in [3.05, 3.63) is 57.8 Å². The molecule has 120 valence electrons. The molecule has 1 heterocycles. The number of carbonyl (C=O) groups excluding carboxylic acids is 1. The van der Waals surface area contributed by atoms with E-state index < -0.39 is 5.97 Å². The fraction of sp³-hybridized carbons (Fsp3) is 0.250. The van der Waals surface area contributed by atoms with Gasteiger partial charge in [0, 0.05) is 23.7 Å². The number of aliphatic carboxylic acids is 1. The van der Waals surface area contributed by atoms with Crippen LogP contribution in [0.5, 0.6) is 5.75 Å². The van der Waals surface area contributed by atoms with Crippen LogP contribution in [0.4, 0.5) is 0 Å². The molecule has 1 aromatic carbocycles. The molecule has 7 heteroatoms. The van der Waals surface area contributed by atoms with Gasteiger partial charge < -0.3 is 14.8 Å². The Morgan fingerprint density at radius 2 is 1.96 bits per heavy atom. The Kier molecular flexibility index (Phi) is 5.24. The lowest BCUT2D eigenvalue weighted by Crippen LogP contribution is -2.18. The first kappa shape index (κ1) is 16.4. The largest absolute Gasteiger partial charge is 0.486 e. The normalized spacial score (nSPS) is 10.3. The van der Waals surface area contributed by atoms with Gasteiger partial charge in [0.1, 0.15) is 18.2 Å². The minimum absolute atomic E-state index is 0.0282. The van der Waals surface area contributed by atoms with Crippen LogP contribution in [0.3, 0.4) is 0 Å². The molecular formula is C16H16N2O5. The maximum Gasteiger partial charge on any atom is 0.303 e. The van der Waals surface area contributed by atoms with E-state index in [1.807, 2.05) is 0 Å². The first-order valence-electron chi connectivity index (χ1n) is 6.98. The van der Waals surface area contributed by atoms with E-state index in [9.17, 15) is 14.4 Å². The van der Waals surface area contributed by atoms with Crippen LogP contribution in [0.15, 0.2) is 35.3 Å². The zero-order chi connectivity index (χ0) is 16.8. The molecule has 2 N–H and O–H groups in total. The molecule has 0 aliphatic carbocycles. The summed E-state index contributed by atoms with van der Waals surface area (Å²) in [5.41, 5.74) is 0.542. The van der Waals surface area contributed by atoms with Crippen LogP contribution >= 0.6 is 0 Å². The SMILES string of the molecule is CC(=O)c1ccc(OCc2ncc(CCC(=O)O)c(=O)[nH]2)cc1. The molecule has 0 aliphatic heterocycles. The first-order valence-corrected chi connectivity index (χ1v) is 6.98. The highest BCUT2D eigenvalue weighted by Crippen LogP contribution is 2.13. The fourth-order valence-electron chi connectivity index (χ4n) is 1.89. The number of H-pyrrole nitrogens is 1. The molecule has 0 bridgehead atoms. The minimum atomic E-state index is -0.967. The number of hydrogen-bond acceptors (Lipinski definition) is 5. The topological polar surface area (TPSA) is 109 Å². The van der Waals surface area contributed by atoms with Crippen LogP contribution in [0.1, 0.15) is 35.1 Å². The van der Waals surface area contributed by atoms with Gasteiger partial charge >= 0.3 is 5.97 Å². The van der Waals surface area contributed by atoms with Crippen LogP contribution in [0.2, 0.25) is 0 Å². The third-order valence-corrected chi connectivity index (χ3v) is 3.17. The van der Waals surface area contributed by atoms with Crippen LogP contribution < -0.4 is 10.3 Å². The Morgan fingerprint density at radius 1 is 1.26 bits per heavy atom. The summed E-state index contributed by atoms with van der Waals surface area (Å²) in [7, 11) is 0. The lowest BCUT2D eigenvalue weighted by Gasteiger charge is -2.06. The van der Waals surface area contributed by atoms with Crippen LogP contribution in [-0.4, -0.2) is 26.8 Å². The molecule has 0 fully saturated rings. The number of carboxylic acid groups (broad SMARTS) is 1. The molecule has 2 aromatic rings. The van der Waals surface area contributed by atoms with E-state index in [1.54, 1.807) is 24.3 Å². The monoisotopic (exact) mass is 316 g/mol.